The average molecular weight is 414 g/mol. The van der Waals surface area contributed by atoms with Crippen molar-refractivity contribution < 1.29 is 19.1 Å². The molecule has 1 aromatic rings. The maximum Gasteiger partial charge on any atom is 0.250 e. The van der Waals surface area contributed by atoms with Crippen LogP contribution in [-0.2, 0) is 25.5 Å². The van der Waals surface area contributed by atoms with E-state index >= 15 is 0 Å². The van der Waals surface area contributed by atoms with E-state index < -0.39 is 12.1 Å². The molecule has 0 aromatic heterocycles. The van der Waals surface area contributed by atoms with E-state index in [2.05, 4.69) is 22.8 Å². The summed E-state index contributed by atoms with van der Waals surface area (Å²) in [5, 5.41) is 5.98. The summed E-state index contributed by atoms with van der Waals surface area (Å²) in [5.74, 6) is -0.675. The highest BCUT2D eigenvalue weighted by Crippen LogP contribution is 2.32. The first-order valence-corrected chi connectivity index (χ1v) is 11.1. The second-order valence-corrected chi connectivity index (χ2v) is 8.65. The summed E-state index contributed by atoms with van der Waals surface area (Å²) in [4.78, 5) is 40.1. The van der Waals surface area contributed by atoms with Gasteiger partial charge in [0.05, 0.1) is 12.6 Å². The van der Waals surface area contributed by atoms with Gasteiger partial charge in [0, 0.05) is 5.92 Å². The van der Waals surface area contributed by atoms with Crippen molar-refractivity contribution in [2.75, 3.05) is 6.61 Å². The van der Waals surface area contributed by atoms with Crippen LogP contribution in [0.2, 0.25) is 0 Å². The Hall–Kier alpha value is -2.41. The van der Waals surface area contributed by atoms with Gasteiger partial charge in [0.1, 0.15) is 18.3 Å². The Bertz CT molecular complexity index is 826. The fourth-order valence-corrected chi connectivity index (χ4v) is 4.73. The normalized spacial score (nSPS) is 29.0. The topological polar surface area (TPSA) is 87.7 Å². The average Bonchev–Trinajstić information content (AvgIpc) is 3.20. The molecule has 2 N–H and O–H groups in total. The number of nitrogens with zero attached hydrogens (tertiary/aromatic N) is 1. The van der Waals surface area contributed by atoms with Crippen LogP contribution in [0.15, 0.2) is 24.3 Å². The predicted octanol–water partition coefficient (Wildman–Crippen LogP) is 2.06. The third-order valence-corrected chi connectivity index (χ3v) is 6.71. The van der Waals surface area contributed by atoms with E-state index in [1.165, 1.54) is 11.1 Å². The Morgan fingerprint density at radius 2 is 1.97 bits per heavy atom. The summed E-state index contributed by atoms with van der Waals surface area (Å²) in [5.41, 5.74) is 2.45. The number of hydrogen-bond acceptors (Lipinski definition) is 4. The standard InChI is InChI=1S/C23H31N3O4/c1-3-14(2)21(27)25-18-13-30-20-12-11-19(26(20)23(18)29)22(28)24-17-10-6-8-15-7-4-5-9-16(15)17/h4-5,7,9,14,17-20H,3,6,8,10-13H2,1-2H3,(H,24,28)(H,25,27)/t14-,17?,18+,19?,20?/m1/s1. The molecule has 2 fully saturated rings. The van der Waals surface area contributed by atoms with E-state index in [1.54, 1.807) is 4.90 Å². The summed E-state index contributed by atoms with van der Waals surface area (Å²) in [6, 6.07) is 6.91. The van der Waals surface area contributed by atoms with Crippen molar-refractivity contribution in [2.24, 2.45) is 5.92 Å². The van der Waals surface area contributed by atoms with E-state index in [0.29, 0.717) is 19.3 Å². The van der Waals surface area contributed by atoms with Gasteiger partial charge >= 0.3 is 0 Å². The first-order chi connectivity index (χ1) is 14.5. The minimum Gasteiger partial charge on any atom is -0.356 e. The Morgan fingerprint density at radius 3 is 2.77 bits per heavy atom. The summed E-state index contributed by atoms with van der Waals surface area (Å²) in [6.07, 6.45) is 4.49. The van der Waals surface area contributed by atoms with Gasteiger partial charge < -0.3 is 20.3 Å². The van der Waals surface area contributed by atoms with Crippen molar-refractivity contribution in [1.29, 1.82) is 0 Å². The van der Waals surface area contributed by atoms with Crippen molar-refractivity contribution >= 4 is 17.7 Å². The monoisotopic (exact) mass is 413 g/mol. The number of aryl methyl sites for hydroxylation is 1. The minimum atomic E-state index is -0.730. The Morgan fingerprint density at radius 1 is 1.17 bits per heavy atom. The number of rotatable bonds is 5. The number of carbonyl (C=O) groups is 3. The first kappa shape index (κ1) is 20.8. The molecule has 0 bridgehead atoms. The number of fused-ring (bicyclic) bond motifs is 2. The van der Waals surface area contributed by atoms with E-state index in [1.807, 2.05) is 26.0 Å². The van der Waals surface area contributed by atoms with Gasteiger partial charge in [-0.15, -0.1) is 0 Å². The highest BCUT2D eigenvalue weighted by molar-refractivity contribution is 5.93. The molecule has 3 aliphatic rings. The van der Waals surface area contributed by atoms with Gasteiger partial charge in [0.25, 0.3) is 0 Å². The quantitative estimate of drug-likeness (QED) is 0.774. The molecule has 30 heavy (non-hydrogen) atoms. The molecule has 5 atom stereocenters. The second-order valence-electron chi connectivity index (χ2n) is 8.65. The number of benzene rings is 1. The predicted molar refractivity (Wildman–Crippen MR) is 111 cm³/mol. The zero-order chi connectivity index (χ0) is 21.3. The highest BCUT2D eigenvalue weighted by atomic mass is 16.5. The van der Waals surface area contributed by atoms with Crippen molar-refractivity contribution in [3.05, 3.63) is 35.4 Å². The maximum absolute atomic E-state index is 13.2. The van der Waals surface area contributed by atoms with Gasteiger partial charge in [-0.2, -0.15) is 0 Å². The van der Waals surface area contributed by atoms with Crippen molar-refractivity contribution in [2.45, 2.75) is 76.7 Å². The lowest BCUT2D eigenvalue weighted by molar-refractivity contribution is -0.167. The molecule has 3 unspecified atom stereocenters. The van der Waals surface area contributed by atoms with Gasteiger partial charge in [0.15, 0.2) is 0 Å². The number of hydrogen-bond donors (Lipinski definition) is 2. The van der Waals surface area contributed by atoms with Crippen LogP contribution in [0.3, 0.4) is 0 Å². The maximum atomic E-state index is 13.2. The molecule has 7 nitrogen and oxygen atoms in total. The second kappa shape index (κ2) is 8.76. The van der Waals surface area contributed by atoms with Crippen LogP contribution in [0, 0.1) is 5.92 Å². The van der Waals surface area contributed by atoms with Crippen molar-refractivity contribution in [3.8, 4) is 0 Å². The van der Waals surface area contributed by atoms with E-state index in [9.17, 15) is 14.4 Å². The largest absolute Gasteiger partial charge is 0.356 e. The third-order valence-electron chi connectivity index (χ3n) is 6.71. The third kappa shape index (κ3) is 3.95. The molecule has 0 saturated carbocycles. The molecular formula is C23H31N3O4. The van der Waals surface area contributed by atoms with Gasteiger partial charge in [-0.3, -0.25) is 14.4 Å². The molecule has 0 radical (unpaired) electrons. The molecule has 0 spiro atoms. The van der Waals surface area contributed by atoms with Crippen LogP contribution in [-0.4, -0.2) is 47.5 Å². The molecule has 7 heteroatoms. The lowest BCUT2D eigenvalue weighted by Crippen LogP contribution is -2.61. The van der Waals surface area contributed by atoms with Gasteiger partial charge in [-0.05, 0) is 49.7 Å². The Labute approximate surface area is 177 Å². The Kier molecular flexibility index (Phi) is 6.09. The zero-order valence-corrected chi connectivity index (χ0v) is 17.7. The molecule has 2 aliphatic heterocycles. The minimum absolute atomic E-state index is 0.0248. The van der Waals surface area contributed by atoms with Crippen LogP contribution in [0.4, 0.5) is 0 Å². The lowest BCUT2D eigenvalue weighted by atomic mass is 9.87. The van der Waals surface area contributed by atoms with Crippen LogP contribution < -0.4 is 10.6 Å². The first-order valence-electron chi connectivity index (χ1n) is 11.1. The van der Waals surface area contributed by atoms with Crippen LogP contribution in [0.5, 0.6) is 0 Å². The number of nitrogens with one attached hydrogen (secondary N) is 2. The molecular weight excluding hydrogens is 382 g/mol. The zero-order valence-electron chi connectivity index (χ0n) is 17.7. The molecule has 1 aromatic carbocycles. The van der Waals surface area contributed by atoms with E-state index in [-0.39, 0.29) is 42.5 Å². The van der Waals surface area contributed by atoms with Crippen molar-refractivity contribution in [1.82, 2.24) is 15.5 Å². The summed E-state index contributed by atoms with van der Waals surface area (Å²) in [6.45, 7) is 3.93. The molecule has 162 valence electrons. The van der Waals surface area contributed by atoms with Gasteiger partial charge in [-0.25, -0.2) is 0 Å². The van der Waals surface area contributed by atoms with E-state index in [0.717, 1.165) is 19.3 Å². The summed E-state index contributed by atoms with van der Waals surface area (Å²) in [7, 11) is 0. The lowest BCUT2D eigenvalue weighted by Gasteiger charge is -2.38. The van der Waals surface area contributed by atoms with Crippen LogP contribution in [0.25, 0.3) is 0 Å². The molecule has 2 saturated heterocycles. The fraction of sp³-hybridized carbons (Fsp3) is 0.609. The molecule has 2 heterocycles. The van der Waals surface area contributed by atoms with Crippen LogP contribution >= 0.6 is 0 Å². The smallest absolute Gasteiger partial charge is 0.250 e. The number of amides is 3. The molecule has 1 aliphatic carbocycles. The summed E-state index contributed by atoms with van der Waals surface area (Å²) < 4.78 is 5.84. The highest BCUT2D eigenvalue weighted by Gasteiger charge is 2.47. The molecule has 4 rings (SSSR count). The summed E-state index contributed by atoms with van der Waals surface area (Å²) >= 11 is 0. The van der Waals surface area contributed by atoms with E-state index in [4.69, 9.17) is 4.74 Å². The fourth-order valence-electron chi connectivity index (χ4n) is 4.73. The van der Waals surface area contributed by atoms with Crippen molar-refractivity contribution in [3.63, 3.8) is 0 Å². The van der Waals surface area contributed by atoms with Crippen LogP contribution in [0.1, 0.15) is 63.1 Å². The number of carbonyl (C=O) groups excluding carboxylic acids is 3. The SMILES string of the molecule is CC[C@@H](C)C(=O)N[C@H]1COC2CCC(C(=O)NC3CCCc4ccccc43)N2C1=O. The molecule has 3 amide bonds. The van der Waals surface area contributed by atoms with Gasteiger partial charge in [-0.1, -0.05) is 38.1 Å². The van der Waals surface area contributed by atoms with Gasteiger partial charge in [0.2, 0.25) is 17.7 Å². The Balaban J connectivity index is 1.44. The number of ether oxygens (including phenoxy) is 1.